The maximum Gasteiger partial charge on any atom is 0.129 e. The number of nitrogens with zero attached hydrogens (tertiary/aromatic N) is 3. The molecule has 0 radical (unpaired) electrons. The normalized spacial score (nSPS) is 25.1. The van der Waals surface area contributed by atoms with Gasteiger partial charge in [-0.2, -0.15) is 0 Å². The van der Waals surface area contributed by atoms with Gasteiger partial charge in [0.2, 0.25) is 0 Å². The average molecular weight is 246 g/mol. The van der Waals surface area contributed by atoms with Crippen LogP contribution in [0.25, 0.3) is 0 Å². The highest BCUT2D eigenvalue weighted by Crippen LogP contribution is 2.39. The van der Waals surface area contributed by atoms with Crippen molar-refractivity contribution in [3.8, 4) is 0 Å². The summed E-state index contributed by atoms with van der Waals surface area (Å²) in [5.41, 5.74) is 1.20. The van der Waals surface area contributed by atoms with E-state index in [-0.39, 0.29) is 0 Å². The molecular weight excluding hydrogens is 224 g/mol. The van der Waals surface area contributed by atoms with Gasteiger partial charge in [-0.05, 0) is 26.2 Å². The fourth-order valence-corrected chi connectivity index (χ4v) is 3.29. The highest BCUT2D eigenvalue weighted by atomic mass is 15.3. The molecule has 2 heterocycles. The fraction of sp³-hybridized carbons (Fsp3) is 0.714. The van der Waals surface area contributed by atoms with Crippen molar-refractivity contribution in [1.82, 2.24) is 14.9 Å². The topological polar surface area (TPSA) is 41.0 Å². The minimum Gasteiger partial charge on any atom is -0.373 e. The van der Waals surface area contributed by atoms with Crippen molar-refractivity contribution < 1.29 is 0 Å². The molecule has 4 nitrogen and oxygen atoms in total. The molecule has 1 aliphatic heterocycles. The van der Waals surface area contributed by atoms with Gasteiger partial charge >= 0.3 is 0 Å². The number of hydrogen-bond acceptors (Lipinski definition) is 4. The summed E-state index contributed by atoms with van der Waals surface area (Å²) in [5.74, 6) is 1.81. The van der Waals surface area contributed by atoms with Gasteiger partial charge in [-0.25, -0.2) is 9.97 Å². The third kappa shape index (κ3) is 2.09. The summed E-state index contributed by atoms with van der Waals surface area (Å²) in [4.78, 5) is 11.7. The van der Waals surface area contributed by atoms with Crippen molar-refractivity contribution in [2.75, 3.05) is 18.9 Å². The monoisotopic (exact) mass is 246 g/mol. The molecule has 1 saturated heterocycles. The molecule has 4 heteroatoms. The first-order valence-corrected chi connectivity index (χ1v) is 7.07. The first-order chi connectivity index (χ1) is 8.78. The third-order valence-corrected chi connectivity index (χ3v) is 4.31. The molecule has 1 aliphatic carbocycles. The second-order valence-electron chi connectivity index (χ2n) is 5.46. The van der Waals surface area contributed by atoms with E-state index in [0.717, 1.165) is 17.7 Å². The zero-order valence-electron chi connectivity index (χ0n) is 11.3. The van der Waals surface area contributed by atoms with E-state index in [1.807, 2.05) is 14.0 Å². The molecule has 2 aliphatic rings. The van der Waals surface area contributed by atoms with Crippen LogP contribution in [0.5, 0.6) is 0 Å². The number of aryl methyl sites for hydroxylation is 1. The van der Waals surface area contributed by atoms with Crippen molar-refractivity contribution in [3.05, 3.63) is 17.6 Å². The van der Waals surface area contributed by atoms with Crippen LogP contribution in [0.2, 0.25) is 0 Å². The van der Waals surface area contributed by atoms with Crippen LogP contribution in [0.1, 0.15) is 49.7 Å². The molecule has 0 spiro atoms. The number of rotatable bonds is 3. The van der Waals surface area contributed by atoms with Gasteiger partial charge in [-0.1, -0.05) is 12.8 Å². The van der Waals surface area contributed by atoms with Crippen LogP contribution < -0.4 is 5.32 Å². The molecule has 0 amide bonds. The van der Waals surface area contributed by atoms with Gasteiger partial charge in [0.15, 0.2) is 0 Å². The van der Waals surface area contributed by atoms with Gasteiger partial charge in [-0.15, -0.1) is 0 Å². The molecule has 1 aromatic rings. The van der Waals surface area contributed by atoms with Gasteiger partial charge in [-0.3, -0.25) is 4.90 Å². The first kappa shape index (κ1) is 11.9. The molecule has 1 N–H and O–H groups in total. The lowest BCUT2D eigenvalue weighted by Crippen LogP contribution is -2.47. The molecule has 1 atom stereocenters. The first-order valence-electron chi connectivity index (χ1n) is 7.07. The number of nitrogens with one attached hydrogen (secondary N) is 1. The second-order valence-corrected chi connectivity index (χ2v) is 5.46. The summed E-state index contributed by atoms with van der Waals surface area (Å²) in [7, 11) is 1.92. The maximum atomic E-state index is 4.63. The SMILES string of the molecule is CNc1cc([C@@H]2CCN2C2CCCC2)nc(C)n1. The van der Waals surface area contributed by atoms with Crippen LogP contribution in [0.15, 0.2) is 6.07 Å². The second kappa shape index (κ2) is 4.84. The Morgan fingerprint density at radius 3 is 2.61 bits per heavy atom. The minimum atomic E-state index is 0.530. The lowest BCUT2D eigenvalue weighted by Gasteiger charge is -2.44. The van der Waals surface area contributed by atoms with E-state index in [9.17, 15) is 0 Å². The third-order valence-electron chi connectivity index (χ3n) is 4.31. The summed E-state index contributed by atoms with van der Waals surface area (Å²) in [5, 5.41) is 3.13. The zero-order chi connectivity index (χ0) is 12.5. The predicted octanol–water partition coefficient (Wildman–Crippen LogP) is 2.52. The highest BCUT2D eigenvalue weighted by molar-refractivity contribution is 5.36. The Labute approximate surface area is 109 Å². The maximum absolute atomic E-state index is 4.63. The minimum absolute atomic E-state index is 0.530. The molecule has 18 heavy (non-hydrogen) atoms. The fourth-order valence-electron chi connectivity index (χ4n) is 3.29. The van der Waals surface area contributed by atoms with E-state index >= 15 is 0 Å². The Hall–Kier alpha value is -1.16. The van der Waals surface area contributed by atoms with Crippen LogP contribution >= 0.6 is 0 Å². The Balaban J connectivity index is 1.79. The number of hydrogen-bond donors (Lipinski definition) is 1. The van der Waals surface area contributed by atoms with Crippen molar-refractivity contribution in [2.45, 2.75) is 51.1 Å². The van der Waals surface area contributed by atoms with E-state index in [1.54, 1.807) is 0 Å². The van der Waals surface area contributed by atoms with Crippen molar-refractivity contribution in [2.24, 2.45) is 0 Å². The summed E-state index contributed by atoms with van der Waals surface area (Å²) in [6, 6.07) is 3.44. The van der Waals surface area contributed by atoms with E-state index in [1.165, 1.54) is 44.3 Å². The van der Waals surface area contributed by atoms with E-state index < -0.39 is 0 Å². The number of anilines is 1. The molecular formula is C14H22N4. The molecule has 98 valence electrons. The summed E-state index contributed by atoms with van der Waals surface area (Å²) < 4.78 is 0. The van der Waals surface area contributed by atoms with Crippen molar-refractivity contribution in [1.29, 1.82) is 0 Å². The molecule has 2 fully saturated rings. The summed E-state index contributed by atoms with van der Waals surface area (Å²) in [6.45, 7) is 3.22. The molecule has 0 aromatic carbocycles. The van der Waals surface area contributed by atoms with E-state index in [2.05, 4.69) is 26.3 Å². The van der Waals surface area contributed by atoms with E-state index in [0.29, 0.717) is 6.04 Å². The van der Waals surface area contributed by atoms with Gasteiger partial charge in [0.05, 0.1) is 11.7 Å². The average Bonchev–Trinajstić information content (AvgIpc) is 2.80. The van der Waals surface area contributed by atoms with Crippen LogP contribution in [0, 0.1) is 6.92 Å². The van der Waals surface area contributed by atoms with Gasteiger partial charge in [0.25, 0.3) is 0 Å². The smallest absolute Gasteiger partial charge is 0.129 e. The van der Waals surface area contributed by atoms with Gasteiger partial charge < -0.3 is 5.32 Å². The Kier molecular flexibility index (Phi) is 3.20. The van der Waals surface area contributed by atoms with Gasteiger partial charge in [0, 0.05) is 25.7 Å². The summed E-state index contributed by atoms with van der Waals surface area (Å²) >= 11 is 0. The Bertz CT molecular complexity index is 426. The van der Waals surface area contributed by atoms with E-state index in [4.69, 9.17) is 0 Å². The lowest BCUT2D eigenvalue weighted by molar-refractivity contribution is 0.0401. The largest absolute Gasteiger partial charge is 0.373 e. The highest BCUT2D eigenvalue weighted by Gasteiger charge is 2.37. The van der Waals surface area contributed by atoms with Crippen LogP contribution in [0.4, 0.5) is 5.82 Å². The van der Waals surface area contributed by atoms with Crippen molar-refractivity contribution >= 4 is 5.82 Å². The van der Waals surface area contributed by atoms with Crippen molar-refractivity contribution in [3.63, 3.8) is 0 Å². The van der Waals surface area contributed by atoms with Crippen LogP contribution in [-0.4, -0.2) is 34.5 Å². The Morgan fingerprint density at radius 1 is 1.22 bits per heavy atom. The summed E-state index contributed by atoms with van der Waals surface area (Å²) in [6.07, 6.45) is 6.80. The molecule has 1 aromatic heterocycles. The van der Waals surface area contributed by atoms with Crippen LogP contribution in [0.3, 0.4) is 0 Å². The molecule has 0 bridgehead atoms. The molecule has 1 saturated carbocycles. The van der Waals surface area contributed by atoms with Gasteiger partial charge in [0.1, 0.15) is 11.6 Å². The Morgan fingerprint density at radius 2 is 2.00 bits per heavy atom. The van der Waals surface area contributed by atoms with Crippen LogP contribution in [-0.2, 0) is 0 Å². The number of aromatic nitrogens is 2. The zero-order valence-corrected chi connectivity index (χ0v) is 11.3. The lowest BCUT2D eigenvalue weighted by atomic mass is 9.95. The molecule has 0 unspecified atom stereocenters. The standard InChI is InChI=1S/C14H22N4/c1-10-16-12(9-14(15-2)17-10)13-7-8-18(13)11-5-3-4-6-11/h9,11,13H,3-8H2,1-2H3,(H,15,16,17)/t13-/m0/s1. The molecule has 3 rings (SSSR count). The quantitative estimate of drug-likeness (QED) is 0.889. The predicted molar refractivity (Wildman–Crippen MR) is 72.6 cm³/mol. The number of likely N-dealkylation sites (tertiary alicyclic amines) is 1.